The third kappa shape index (κ3) is 4.31. The van der Waals surface area contributed by atoms with E-state index in [4.69, 9.17) is 5.73 Å². The van der Waals surface area contributed by atoms with Crippen LogP contribution in [0.3, 0.4) is 0 Å². The number of rotatable bonds is 5. The minimum atomic E-state index is -0.205. The van der Waals surface area contributed by atoms with Crippen LogP contribution in [0.25, 0.3) is 0 Å². The summed E-state index contributed by atoms with van der Waals surface area (Å²) in [6, 6.07) is 9.55. The molecule has 0 spiro atoms. The van der Waals surface area contributed by atoms with E-state index in [1.807, 2.05) is 30.3 Å². The van der Waals surface area contributed by atoms with Gasteiger partial charge in [0.05, 0.1) is 0 Å². The molecule has 0 saturated heterocycles. The molecule has 0 aliphatic heterocycles. The van der Waals surface area contributed by atoms with Crippen LogP contribution < -0.4 is 11.1 Å². The molecule has 18 heavy (non-hydrogen) atoms. The summed E-state index contributed by atoms with van der Waals surface area (Å²) >= 11 is 0. The Labute approximate surface area is 115 Å². The molecule has 0 heterocycles. The highest BCUT2D eigenvalue weighted by Gasteiger charge is 2.37. The van der Waals surface area contributed by atoms with Gasteiger partial charge in [-0.2, -0.15) is 0 Å². The van der Waals surface area contributed by atoms with Crippen molar-refractivity contribution in [1.29, 1.82) is 0 Å². The Balaban J connectivity index is 0.00000162. The fourth-order valence-electron chi connectivity index (χ4n) is 1.79. The molecule has 0 bridgehead atoms. The van der Waals surface area contributed by atoms with Crippen molar-refractivity contribution in [3.63, 3.8) is 0 Å². The second-order valence-corrected chi connectivity index (χ2v) is 5.31. The van der Waals surface area contributed by atoms with E-state index in [2.05, 4.69) is 12.2 Å². The first-order valence-electron chi connectivity index (χ1n) is 6.16. The van der Waals surface area contributed by atoms with Gasteiger partial charge in [-0.05, 0) is 23.8 Å². The molecule has 1 fully saturated rings. The smallest absolute Gasteiger partial charge is 0.221 e. The summed E-state index contributed by atoms with van der Waals surface area (Å²) in [6.07, 6.45) is 2.80. The molecular formula is C14H21ClN2O. The van der Waals surface area contributed by atoms with Crippen LogP contribution in [0.2, 0.25) is 0 Å². The molecule has 1 atom stereocenters. The quantitative estimate of drug-likeness (QED) is 0.862. The summed E-state index contributed by atoms with van der Waals surface area (Å²) in [6.45, 7) is 2.98. The van der Waals surface area contributed by atoms with Crippen LogP contribution in [0.5, 0.6) is 0 Å². The zero-order valence-electron chi connectivity index (χ0n) is 10.7. The number of carbonyl (C=O) groups excluding carboxylic acids is 1. The lowest BCUT2D eigenvalue weighted by molar-refractivity contribution is -0.121. The van der Waals surface area contributed by atoms with Gasteiger partial charge in [0.15, 0.2) is 0 Å². The second-order valence-electron chi connectivity index (χ2n) is 5.31. The molecule has 2 rings (SSSR count). The van der Waals surface area contributed by atoms with E-state index in [9.17, 15) is 4.79 Å². The Morgan fingerprint density at radius 2 is 2.00 bits per heavy atom. The molecule has 1 amide bonds. The van der Waals surface area contributed by atoms with Crippen LogP contribution in [-0.4, -0.2) is 12.5 Å². The van der Waals surface area contributed by atoms with Crippen molar-refractivity contribution in [3.05, 3.63) is 35.9 Å². The van der Waals surface area contributed by atoms with E-state index in [1.165, 1.54) is 12.8 Å². The second kappa shape index (κ2) is 6.21. The normalized spacial score (nSPS) is 17.4. The minimum Gasteiger partial charge on any atom is -0.355 e. The molecule has 1 aromatic rings. The summed E-state index contributed by atoms with van der Waals surface area (Å²) in [5.74, 6) is 0.0504. The molecule has 3 N–H and O–H groups in total. The zero-order chi connectivity index (χ0) is 12.3. The number of nitrogens with one attached hydrogen (secondary N) is 1. The van der Waals surface area contributed by atoms with Crippen molar-refractivity contribution < 1.29 is 4.79 Å². The molecule has 1 aromatic carbocycles. The maximum Gasteiger partial charge on any atom is 0.221 e. The van der Waals surface area contributed by atoms with Crippen LogP contribution in [0.4, 0.5) is 0 Å². The average Bonchev–Trinajstić information content (AvgIpc) is 3.07. The predicted molar refractivity (Wildman–Crippen MR) is 75.6 cm³/mol. The topological polar surface area (TPSA) is 55.1 Å². The van der Waals surface area contributed by atoms with Crippen molar-refractivity contribution in [2.45, 2.75) is 32.2 Å². The van der Waals surface area contributed by atoms with E-state index in [-0.39, 0.29) is 24.4 Å². The fourth-order valence-corrected chi connectivity index (χ4v) is 1.79. The number of carbonyl (C=O) groups is 1. The molecule has 1 aliphatic carbocycles. The van der Waals surface area contributed by atoms with Crippen LogP contribution >= 0.6 is 12.4 Å². The lowest BCUT2D eigenvalue weighted by Crippen LogP contribution is -2.31. The van der Waals surface area contributed by atoms with Crippen molar-refractivity contribution in [2.24, 2.45) is 11.1 Å². The standard InChI is InChI=1S/C14H20N2O.ClH/c1-14(7-8-14)10-16-13(17)9-12(15)11-5-3-2-4-6-11;/h2-6,12H,7-10,15H2,1H3,(H,16,17);1H. The van der Waals surface area contributed by atoms with Gasteiger partial charge in [0.25, 0.3) is 0 Å². The SMILES string of the molecule is CC1(CNC(=O)CC(N)c2ccccc2)CC1.Cl. The summed E-state index contributed by atoms with van der Waals surface area (Å²) < 4.78 is 0. The van der Waals surface area contributed by atoms with Gasteiger partial charge >= 0.3 is 0 Å². The lowest BCUT2D eigenvalue weighted by Gasteiger charge is -2.14. The summed E-state index contributed by atoms with van der Waals surface area (Å²) in [4.78, 5) is 11.7. The Morgan fingerprint density at radius 3 is 2.56 bits per heavy atom. The van der Waals surface area contributed by atoms with Crippen molar-refractivity contribution in [1.82, 2.24) is 5.32 Å². The van der Waals surface area contributed by atoms with E-state index in [1.54, 1.807) is 0 Å². The number of halogens is 1. The largest absolute Gasteiger partial charge is 0.355 e. The van der Waals surface area contributed by atoms with E-state index in [0.717, 1.165) is 12.1 Å². The van der Waals surface area contributed by atoms with Gasteiger partial charge in [-0.1, -0.05) is 37.3 Å². The van der Waals surface area contributed by atoms with Crippen LogP contribution in [0, 0.1) is 5.41 Å². The first-order chi connectivity index (χ1) is 8.09. The number of hydrogen-bond acceptors (Lipinski definition) is 2. The van der Waals surface area contributed by atoms with Gasteiger partial charge in [0.2, 0.25) is 5.91 Å². The maximum atomic E-state index is 11.7. The van der Waals surface area contributed by atoms with Gasteiger partial charge < -0.3 is 11.1 Å². The van der Waals surface area contributed by atoms with Crippen LogP contribution in [0.1, 0.15) is 37.8 Å². The third-order valence-electron chi connectivity index (χ3n) is 3.45. The van der Waals surface area contributed by atoms with Gasteiger partial charge in [-0.3, -0.25) is 4.79 Å². The Bertz CT molecular complexity index is 390. The zero-order valence-corrected chi connectivity index (χ0v) is 11.5. The first-order valence-corrected chi connectivity index (χ1v) is 6.16. The molecule has 3 nitrogen and oxygen atoms in total. The molecular weight excluding hydrogens is 248 g/mol. The van der Waals surface area contributed by atoms with E-state index >= 15 is 0 Å². The highest BCUT2D eigenvalue weighted by molar-refractivity contribution is 5.85. The maximum absolute atomic E-state index is 11.7. The first kappa shape index (κ1) is 15.0. The fraction of sp³-hybridized carbons (Fsp3) is 0.500. The van der Waals surface area contributed by atoms with Gasteiger partial charge in [0, 0.05) is 19.0 Å². The molecule has 1 saturated carbocycles. The van der Waals surface area contributed by atoms with Crippen LogP contribution in [-0.2, 0) is 4.79 Å². The predicted octanol–water partition coefficient (Wildman–Crippen LogP) is 2.41. The number of nitrogens with two attached hydrogens (primary N) is 1. The Morgan fingerprint density at radius 1 is 1.39 bits per heavy atom. The summed E-state index contributed by atoms with van der Waals surface area (Å²) in [5, 5.41) is 2.97. The van der Waals surface area contributed by atoms with Crippen LogP contribution in [0.15, 0.2) is 30.3 Å². The summed E-state index contributed by atoms with van der Waals surface area (Å²) in [5.41, 5.74) is 7.36. The van der Waals surface area contributed by atoms with E-state index < -0.39 is 0 Å². The molecule has 1 unspecified atom stereocenters. The summed E-state index contributed by atoms with van der Waals surface area (Å²) in [7, 11) is 0. The molecule has 1 aliphatic rings. The Kier molecular flexibility index (Phi) is 5.17. The molecule has 4 heteroatoms. The van der Waals surface area contributed by atoms with Crippen molar-refractivity contribution >= 4 is 18.3 Å². The van der Waals surface area contributed by atoms with Crippen molar-refractivity contribution in [3.8, 4) is 0 Å². The Hall–Kier alpha value is -1.06. The van der Waals surface area contributed by atoms with Gasteiger partial charge in [0.1, 0.15) is 0 Å². The molecule has 0 radical (unpaired) electrons. The minimum absolute atomic E-state index is 0. The average molecular weight is 269 g/mol. The lowest BCUT2D eigenvalue weighted by atomic mass is 10.0. The highest BCUT2D eigenvalue weighted by Crippen LogP contribution is 2.44. The molecule has 100 valence electrons. The molecule has 0 aromatic heterocycles. The number of hydrogen-bond donors (Lipinski definition) is 2. The van der Waals surface area contributed by atoms with Gasteiger partial charge in [-0.25, -0.2) is 0 Å². The van der Waals surface area contributed by atoms with E-state index in [0.29, 0.717) is 11.8 Å². The van der Waals surface area contributed by atoms with Crippen molar-refractivity contribution in [2.75, 3.05) is 6.54 Å². The third-order valence-corrected chi connectivity index (χ3v) is 3.45. The highest BCUT2D eigenvalue weighted by atomic mass is 35.5. The number of amides is 1. The number of benzene rings is 1. The van der Waals surface area contributed by atoms with Gasteiger partial charge in [-0.15, -0.1) is 12.4 Å². The monoisotopic (exact) mass is 268 g/mol.